The molecule has 1 heterocycles. The zero-order valence-corrected chi connectivity index (χ0v) is 10.9. The van der Waals surface area contributed by atoms with Crippen LogP contribution in [-0.4, -0.2) is 21.6 Å². The summed E-state index contributed by atoms with van der Waals surface area (Å²) in [5.41, 5.74) is 8.83. The SMILES string of the molecule is Nc1ccc(OCCn2nnc3c2CCCC3)cc1. The van der Waals surface area contributed by atoms with Crippen LogP contribution in [0, 0.1) is 0 Å². The van der Waals surface area contributed by atoms with Crippen LogP contribution in [-0.2, 0) is 19.4 Å². The highest BCUT2D eigenvalue weighted by atomic mass is 16.5. The summed E-state index contributed by atoms with van der Waals surface area (Å²) < 4.78 is 7.66. The number of aromatic nitrogens is 3. The molecule has 3 rings (SSSR count). The van der Waals surface area contributed by atoms with E-state index < -0.39 is 0 Å². The largest absolute Gasteiger partial charge is 0.492 e. The minimum Gasteiger partial charge on any atom is -0.492 e. The number of nitrogens with zero attached hydrogens (tertiary/aromatic N) is 3. The molecule has 0 unspecified atom stereocenters. The quantitative estimate of drug-likeness (QED) is 0.849. The van der Waals surface area contributed by atoms with Crippen molar-refractivity contribution >= 4 is 5.69 Å². The molecule has 1 aromatic heterocycles. The lowest BCUT2D eigenvalue weighted by Gasteiger charge is -2.12. The molecule has 1 aromatic carbocycles. The maximum absolute atomic E-state index is 5.68. The van der Waals surface area contributed by atoms with Gasteiger partial charge >= 0.3 is 0 Å². The molecule has 0 saturated carbocycles. The second-order valence-corrected chi connectivity index (χ2v) is 4.83. The average molecular weight is 258 g/mol. The fourth-order valence-corrected chi connectivity index (χ4v) is 2.41. The highest BCUT2D eigenvalue weighted by molar-refractivity contribution is 5.41. The van der Waals surface area contributed by atoms with Gasteiger partial charge in [0.25, 0.3) is 0 Å². The standard InChI is InChI=1S/C14H18N4O/c15-11-5-7-12(8-6-11)19-10-9-18-14-4-2-1-3-13(14)16-17-18/h5-8H,1-4,9-10,15H2. The van der Waals surface area contributed by atoms with E-state index in [0.717, 1.165) is 30.8 Å². The van der Waals surface area contributed by atoms with Gasteiger partial charge in [-0.25, -0.2) is 4.68 Å². The number of benzene rings is 1. The second-order valence-electron chi connectivity index (χ2n) is 4.83. The van der Waals surface area contributed by atoms with Crippen LogP contribution in [0.3, 0.4) is 0 Å². The zero-order valence-electron chi connectivity index (χ0n) is 10.9. The Bertz CT molecular complexity index is 547. The molecule has 5 nitrogen and oxygen atoms in total. The van der Waals surface area contributed by atoms with Gasteiger partial charge in [0.05, 0.1) is 17.9 Å². The molecule has 2 N–H and O–H groups in total. The summed E-state index contributed by atoms with van der Waals surface area (Å²) in [6, 6.07) is 7.44. The van der Waals surface area contributed by atoms with E-state index in [1.165, 1.54) is 24.2 Å². The maximum Gasteiger partial charge on any atom is 0.119 e. The number of ether oxygens (including phenoxy) is 1. The van der Waals surface area contributed by atoms with Crippen molar-refractivity contribution in [1.29, 1.82) is 0 Å². The first-order valence-electron chi connectivity index (χ1n) is 6.72. The monoisotopic (exact) mass is 258 g/mol. The minimum atomic E-state index is 0.597. The first kappa shape index (κ1) is 12.0. The third kappa shape index (κ3) is 2.70. The van der Waals surface area contributed by atoms with E-state index in [-0.39, 0.29) is 0 Å². The Balaban J connectivity index is 1.57. The van der Waals surface area contributed by atoms with Crippen LogP contribution >= 0.6 is 0 Å². The van der Waals surface area contributed by atoms with Gasteiger partial charge in [-0.05, 0) is 49.9 Å². The highest BCUT2D eigenvalue weighted by Crippen LogP contribution is 2.18. The van der Waals surface area contributed by atoms with Gasteiger partial charge in [0.15, 0.2) is 0 Å². The molecule has 2 aromatic rings. The van der Waals surface area contributed by atoms with Gasteiger partial charge in [-0.2, -0.15) is 0 Å². The molecule has 0 aliphatic heterocycles. The van der Waals surface area contributed by atoms with Gasteiger partial charge in [-0.1, -0.05) is 5.21 Å². The summed E-state index contributed by atoms with van der Waals surface area (Å²) in [7, 11) is 0. The Hall–Kier alpha value is -2.04. The number of hydrogen-bond acceptors (Lipinski definition) is 4. The van der Waals surface area contributed by atoms with Crippen LogP contribution in [0.15, 0.2) is 24.3 Å². The molecule has 0 bridgehead atoms. The molecular formula is C14H18N4O. The number of rotatable bonds is 4. The van der Waals surface area contributed by atoms with Crippen molar-refractivity contribution < 1.29 is 4.74 Å². The second kappa shape index (κ2) is 5.30. The fourth-order valence-electron chi connectivity index (χ4n) is 2.41. The molecule has 0 radical (unpaired) electrons. The number of fused-ring (bicyclic) bond motifs is 1. The van der Waals surface area contributed by atoms with E-state index in [1.807, 2.05) is 28.9 Å². The summed E-state index contributed by atoms with van der Waals surface area (Å²) >= 11 is 0. The highest BCUT2D eigenvalue weighted by Gasteiger charge is 2.16. The predicted octanol–water partition coefficient (Wildman–Crippen LogP) is 1.82. The van der Waals surface area contributed by atoms with Gasteiger partial charge in [0, 0.05) is 5.69 Å². The number of nitrogens with two attached hydrogens (primary N) is 1. The van der Waals surface area contributed by atoms with Crippen molar-refractivity contribution in [3.8, 4) is 5.75 Å². The van der Waals surface area contributed by atoms with Crippen LogP contribution in [0.2, 0.25) is 0 Å². The molecule has 5 heteroatoms. The third-order valence-electron chi connectivity index (χ3n) is 3.45. The maximum atomic E-state index is 5.68. The van der Waals surface area contributed by atoms with E-state index in [9.17, 15) is 0 Å². The number of hydrogen-bond donors (Lipinski definition) is 1. The Labute approximate surface area is 112 Å². The van der Waals surface area contributed by atoms with Crippen molar-refractivity contribution in [2.24, 2.45) is 0 Å². The summed E-state index contributed by atoms with van der Waals surface area (Å²) in [4.78, 5) is 0. The average Bonchev–Trinajstić information content (AvgIpc) is 2.85. The van der Waals surface area contributed by atoms with Gasteiger partial charge in [-0.3, -0.25) is 0 Å². The first-order chi connectivity index (χ1) is 9.33. The molecule has 0 fully saturated rings. The molecule has 1 aliphatic rings. The summed E-state index contributed by atoms with van der Waals surface area (Å²) in [5.74, 6) is 0.836. The molecule has 19 heavy (non-hydrogen) atoms. The predicted molar refractivity (Wildman–Crippen MR) is 73.0 cm³/mol. The number of anilines is 1. The molecule has 0 saturated heterocycles. The van der Waals surface area contributed by atoms with Gasteiger partial charge in [-0.15, -0.1) is 5.10 Å². The smallest absolute Gasteiger partial charge is 0.119 e. The van der Waals surface area contributed by atoms with E-state index in [2.05, 4.69) is 10.3 Å². The Kier molecular flexibility index (Phi) is 3.35. The lowest BCUT2D eigenvalue weighted by molar-refractivity contribution is 0.287. The van der Waals surface area contributed by atoms with Crippen molar-refractivity contribution in [2.45, 2.75) is 32.2 Å². The van der Waals surface area contributed by atoms with E-state index in [1.54, 1.807) is 0 Å². The van der Waals surface area contributed by atoms with Crippen LogP contribution in [0.4, 0.5) is 5.69 Å². The lowest BCUT2D eigenvalue weighted by Crippen LogP contribution is -2.14. The van der Waals surface area contributed by atoms with Crippen molar-refractivity contribution in [1.82, 2.24) is 15.0 Å². The van der Waals surface area contributed by atoms with E-state index >= 15 is 0 Å². The molecule has 0 atom stereocenters. The van der Waals surface area contributed by atoms with E-state index in [4.69, 9.17) is 10.5 Å². The summed E-state index contributed by atoms with van der Waals surface area (Å²) in [6.07, 6.45) is 4.62. The lowest BCUT2D eigenvalue weighted by atomic mass is 10.0. The van der Waals surface area contributed by atoms with Gasteiger partial charge in [0.1, 0.15) is 12.4 Å². The normalized spacial score (nSPS) is 14.1. The van der Waals surface area contributed by atoms with Crippen LogP contribution in [0.25, 0.3) is 0 Å². The summed E-state index contributed by atoms with van der Waals surface area (Å²) in [6.45, 7) is 1.34. The van der Waals surface area contributed by atoms with Gasteiger partial charge in [0.2, 0.25) is 0 Å². The molecule has 0 amide bonds. The van der Waals surface area contributed by atoms with Crippen molar-refractivity contribution in [3.05, 3.63) is 35.7 Å². The molecule has 1 aliphatic carbocycles. The zero-order chi connectivity index (χ0) is 13.1. The number of aryl methyl sites for hydroxylation is 1. The molecule has 0 spiro atoms. The fraction of sp³-hybridized carbons (Fsp3) is 0.429. The Morgan fingerprint density at radius 1 is 1.16 bits per heavy atom. The summed E-state index contributed by atoms with van der Waals surface area (Å²) in [5, 5.41) is 8.44. The molecule has 100 valence electrons. The van der Waals surface area contributed by atoms with E-state index in [0.29, 0.717) is 6.61 Å². The third-order valence-corrected chi connectivity index (χ3v) is 3.45. The van der Waals surface area contributed by atoms with Crippen molar-refractivity contribution in [2.75, 3.05) is 12.3 Å². The topological polar surface area (TPSA) is 66.0 Å². The van der Waals surface area contributed by atoms with Crippen molar-refractivity contribution in [3.63, 3.8) is 0 Å². The number of nitrogen functional groups attached to an aromatic ring is 1. The Morgan fingerprint density at radius 2 is 1.95 bits per heavy atom. The first-order valence-corrected chi connectivity index (χ1v) is 6.72. The molecular weight excluding hydrogens is 240 g/mol. The Morgan fingerprint density at radius 3 is 2.79 bits per heavy atom. The van der Waals surface area contributed by atoms with Crippen LogP contribution < -0.4 is 10.5 Å². The van der Waals surface area contributed by atoms with Gasteiger partial charge < -0.3 is 10.5 Å². The van der Waals surface area contributed by atoms with Crippen LogP contribution in [0.1, 0.15) is 24.2 Å². The van der Waals surface area contributed by atoms with Crippen LogP contribution in [0.5, 0.6) is 5.75 Å². The minimum absolute atomic E-state index is 0.597.